The van der Waals surface area contributed by atoms with E-state index in [2.05, 4.69) is 15.5 Å². The number of alkyl halides is 3. The number of fused-ring (bicyclic) bond motifs is 1. The van der Waals surface area contributed by atoms with Crippen LogP contribution in [0.2, 0.25) is 0 Å². The number of halogens is 3. The highest BCUT2D eigenvalue weighted by molar-refractivity contribution is 6.07. The van der Waals surface area contributed by atoms with Gasteiger partial charge in [-0.1, -0.05) is 43.3 Å². The number of hydrogen-bond donors (Lipinski definition) is 1. The Morgan fingerprint density at radius 2 is 1.93 bits per heavy atom. The third kappa shape index (κ3) is 3.37. The highest BCUT2D eigenvalue weighted by Crippen LogP contribution is 2.33. The fourth-order valence-corrected chi connectivity index (χ4v) is 3.43. The Bertz CT molecular complexity index is 1070. The largest absolute Gasteiger partial charge is 0.449 e. The molecule has 8 heteroatoms. The lowest BCUT2D eigenvalue weighted by atomic mass is 9.94. The summed E-state index contributed by atoms with van der Waals surface area (Å²) in [6.07, 6.45) is -4.29. The molecule has 0 bridgehead atoms. The molecule has 0 aliphatic carbocycles. The number of imidazole rings is 1. The van der Waals surface area contributed by atoms with Gasteiger partial charge >= 0.3 is 6.18 Å². The maximum absolute atomic E-state index is 13.6. The van der Waals surface area contributed by atoms with Crippen molar-refractivity contribution in [3.63, 3.8) is 0 Å². The van der Waals surface area contributed by atoms with Crippen LogP contribution >= 0.6 is 0 Å². The molecule has 1 aromatic heterocycles. The molecule has 0 fully saturated rings. The SMILES string of the molecule is CC1CC(=O)NN=C1c1ccc2c(c1)nc(C(F)(F)F)n2Cc1ccccc1. The van der Waals surface area contributed by atoms with Gasteiger partial charge in [0.1, 0.15) is 0 Å². The summed E-state index contributed by atoms with van der Waals surface area (Å²) in [5.74, 6) is -1.24. The summed E-state index contributed by atoms with van der Waals surface area (Å²) < 4.78 is 42.0. The third-order valence-electron chi connectivity index (χ3n) is 4.74. The highest BCUT2D eigenvalue weighted by Gasteiger charge is 2.37. The number of amides is 1. The number of nitrogens with one attached hydrogen (secondary N) is 1. The first-order chi connectivity index (χ1) is 13.3. The van der Waals surface area contributed by atoms with Crippen molar-refractivity contribution in [2.75, 3.05) is 0 Å². The van der Waals surface area contributed by atoms with Gasteiger partial charge in [0.05, 0.1) is 16.7 Å². The third-order valence-corrected chi connectivity index (χ3v) is 4.74. The first-order valence-electron chi connectivity index (χ1n) is 8.81. The molecular weight excluding hydrogens is 369 g/mol. The maximum atomic E-state index is 13.6. The maximum Gasteiger partial charge on any atom is 0.449 e. The Hall–Kier alpha value is -3.16. The zero-order chi connectivity index (χ0) is 19.9. The van der Waals surface area contributed by atoms with Crippen LogP contribution in [0.25, 0.3) is 11.0 Å². The molecule has 3 aromatic rings. The number of rotatable bonds is 3. The van der Waals surface area contributed by atoms with E-state index in [0.717, 1.165) is 5.56 Å². The minimum atomic E-state index is -4.57. The minimum Gasteiger partial charge on any atom is -0.316 e. The summed E-state index contributed by atoms with van der Waals surface area (Å²) in [4.78, 5) is 15.3. The first kappa shape index (κ1) is 18.2. The molecule has 1 aliphatic rings. The van der Waals surface area contributed by atoms with Gasteiger partial charge in [0.2, 0.25) is 11.7 Å². The molecular formula is C20H17F3N4O. The molecule has 4 rings (SSSR count). The van der Waals surface area contributed by atoms with E-state index >= 15 is 0 Å². The van der Waals surface area contributed by atoms with Crippen molar-refractivity contribution in [3.05, 3.63) is 65.5 Å². The second-order valence-corrected chi connectivity index (χ2v) is 6.85. The lowest BCUT2D eigenvalue weighted by molar-refractivity contribution is -0.146. The predicted octanol–water partition coefficient (Wildman–Crippen LogP) is 3.96. The van der Waals surface area contributed by atoms with Gasteiger partial charge in [0.25, 0.3) is 0 Å². The van der Waals surface area contributed by atoms with Crippen LogP contribution in [0, 0.1) is 5.92 Å². The van der Waals surface area contributed by atoms with Gasteiger partial charge in [0, 0.05) is 24.4 Å². The number of hydrogen-bond acceptors (Lipinski definition) is 3. The smallest absolute Gasteiger partial charge is 0.316 e. The van der Waals surface area contributed by atoms with E-state index in [0.29, 0.717) is 16.8 Å². The number of hydrazone groups is 1. The van der Waals surface area contributed by atoms with E-state index < -0.39 is 12.0 Å². The molecule has 0 saturated heterocycles. The molecule has 1 N–H and O–H groups in total. The van der Waals surface area contributed by atoms with Crippen molar-refractivity contribution in [3.8, 4) is 0 Å². The molecule has 1 amide bonds. The van der Waals surface area contributed by atoms with Gasteiger partial charge < -0.3 is 4.57 Å². The van der Waals surface area contributed by atoms with Crippen LogP contribution in [0.3, 0.4) is 0 Å². The molecule has 0 saturated carbocycles. The molecule has 144 valence electrons. The Labute approximate surface area is 158 Å². The number of aromatic nitrogens is 2. The van der Waals surface area contributed by atoms with Crippen LogP contribution in [-0.2, 0) is 17.5 Å². The average molecular weight is 386 g/mol. The molecule has 2 heterocycles. The van der Waals surface area contributed by atoms with E-state index in [1.165, 1.54) is 4.57 Å². The Kier molecular flexibility index (Phi) is 4.41. The van der Waals surface area contributed by atoms with E-state index in [1.54, 1.807) is 42.5 Å². The zero-order valence-electron chi connectivity index (χ0n) is 15.0. The van der Waals surface area contributed by atoms with E-state index in [1.807, 2.05) is 13.0 Å². The Morgan fingerprint density at radius 1 is 1.18 bits per heavy atom. The molecule has 0 spiro atoms. The van der Waals surface area contributed by atoms with Crippen LogP contribution in [0.15, 0.2) is 53.6 Å². The van der Waals surface area contributed by atoms with Crippen molar-refractivity contribution in [2.45, 2.75) is 26.1 Å². The van der Waals surface area contributed by atoms with Crippen LogP contribution in [0.1, 0.15) is 30.3 Å². The number of benzene rings is 2. The van der Waals surface area contributed by atoms with Gasteiger partial charge in [-0.3, -0.25) is 4.79 Å². The number of carbonyl (C=O) groups excluding carboxylic acids is 1. The first-order valence-corrected chi connectivity index (χ1v) is 8.81. The molecule has 2 aromatic carbocycles. The second-order valence-electron chi connectivity index (χ2n) is 6.85. The lowest BCUT2D eigenvalue weighted by Crippen LogP contribution is -2.31. The van der Waals surface area contributed by atoms with Crippen molar-refractivity contribution < 1.29 is 18.0 Å². The van der Waals surface area contributed by atoms with Crippen molar-refractivity contribution in [2.24, 2.45) is 11.0 Å². The van der Waals surface area contributed by atoms with Gasteiger partial charge in [-0.05, 0) is 17.7 Å². The molecule has 1 atom stereocenters. The quantitative estimate of drug-likeness (QED) is 0.741. The molecule has 0 radical (unpaired) electrons. The van der Waals surface area contributed by atoms with E-state index in [4.69, 9.17) is 0 Å². The predicted molar refractivity (Wildman–Crippen MR) is 98.7 cm³/mol. The van der Waals surface area contributed by atoms with Crippen LogP contribution in [0.4, 0.5) is 13.2 Å². The summed E-state index contributed by atoms with van der Waals surface area (Å²) >= 11 is 0. The second kappa shape index (κ2) is 6.78. The monoisotopic (exact) mass is 386 g/mol. The zero-order valence-corrected chi connectivity index (χ0v) is 15.0. The summed E-state index contributed by atoms with van der Waals surface area (Å²) in [6, 6.07) is 13.9. The fourth-order valence-electron chi connectivity index (χ4n) is 3.43. The molecule has 1 unspecified atom stereocenters. The van der Waals surface area contributed by atoms with Crippen molar-refractivity contribution >= 4 is 22.7 Å². The van der Waals surface area contributed by atoms with Gasteiger partial charge in [0.15, 0.2) is 0 Å². The molecule has 5 nitrogen and oxygen atoms in total. The summed E-state index contributed by atoms with van der Waals surface area (Å²) in [5.41, 5.74) is 5.10. The summed E-state index contributed by atoms with van der Waals surface area (Å²) in [6.45, 7) is 1.93. The van der Waals surface area contributed by atoms with Gasteiger partial charge in [-0.25, -0.2) is 10.4 Å². The highest BCUT2D eigenvalue weighted by atomic mass is 19.4. The standard InChI is InChI=1S/C20H17F3N4O/c1-12-9-17(28)25-26-18(12)14-7-8-16-15(10-14)24-19(20(21,22)23)27(16)11-13-5-3-2-4-6-13/h2-8,10,12H,9,11H2,1H3,(H,25,28). The fraction of sp³-hybridized carbons (Fsp3) is 0.250. The Balaban J connectivity index is 1.81. The van der Waals surface area contributed by atoms with Crippen molar-refractivity contribution in [1.29, 1.82) is 0 Å². The van der Waals surface area contributed by atoms with Crippen LogP contribution < -0.4 is 5.43 Å². The average Bonchev–Trinajstić information content (AvgIpc) is 3.01. The lowest BCUT2D eigenvalue weighted by Gasteiger charge is -2.19. The molecule has 1 aliphatic heterocycles. The topological polar surface area (TPSA) is 59.3 Å². The van der Waals surface area contributed by atoms with E-state index in [-0.39, 0.29) is 30.3 Å². The summed E-state index contributed by atoms with van der Waals surface area (Å²) in [7, 11) is 0. The number of carbonyl (C=O) groups is 1. The van der Waals surface area contributed by atoms with Gasteiger partial charge in [-0.15, -0.1) is 0 Å². The minimum absolute atomic E-state index is 0.0684. The van der Waals surface area contributed by atoms with Gasteiger partial charge in [-0.2, -0.15) is 18.3 Å². The van der Waals surface area contributed by atoms with Crippen LogP contribution in [0.5, 0.6) is 0 Å². The normalized spacial score (nSPS) is 17.5. The number of nitrogens with zero attached hydrogens (tertiary/aromatic N) is 3. The summed E-state index contributed by atoms with van der Waals surface area (Å²) in [5, 5.41) is 4.07. The van der Waals surface area contributed by atoms with Crippen LogP contribution in [-0.4, -0.2) is 21.2 Å². The Morgan fingerprint density at radius 3 is 2.61 bits per heavy atom. The molecule has 28 heavy (non-hydrogen) atoms. The van der Waals surface area contributed by atoms with Crippen molar-refractivity contribution in [1.82, 2.24) is 15.0 Å². The van der Waals surface area contributed by atoms with E-state index in [9.17, 15) is 18.0 Å².